The smallest absolute Gasteiger partial charge is 0.323 e. The van der Waals surface area contributed by atoms with Gasteiger partial charge in [-0.1, -0.05) is 6.92 Å². The second-order valence-corrected chi connectivity index (χ2v) is 3.75. The number of ether oxygens (including phenoxy) is 1. The van der Waals surface area contributed by atoms with Gasteiger partial charge in [0.1, 0.15) is 0 Å². The normalized spacial score (nSPS) is 12.2. The molecule has 17 heavy (non-hydrogen) atoms. The predicted octanol–water partition coefficient (Wildman–Crippen LogP) is 1.48. The number of hydrogen-bond acceptors (Lipinski definition) is 6. The van der Waals surface area contributed by atoms with E-state index in [-0.39, 0.29) is 12.0 Å². The summed E-state index contributed by atoms with van der Waals surface area (Å²) in [6.45, 7) is 9.53. The van der Waals surface area contributed by atoms with Crippen LogP contribution in [0.25, 0.3) is 0 Å². The van der Waals surface area contributed by atoms with Crippen LogP contribution in [0.4, 0.5) is 11.9 Å². The monoisotopic (exact) mass is 239 g/mol. The third kappa shape index (κ3) is 3.44. The fraction of sp³-hybridized carbons (Fsp3) is 0.727. The van der Waals surface area contributed by atoms with Crippen molar-refractivity contribution in [2.45, 2.75) is 40.2 Å². The molecule has 0 aromatic carbocycles. The van der Waals surface area contributed by atoms with E-state index in [2.05, 4.69) is 40.6 Å². The van der Waals surface area contributed by atoms with Crippen molar-refractivity contribution in [1.29, 1.82) is 0 Å². The van der Waals surface area contributed by atoms with Crippen LogP contribution in [0.2, 0.25) is 0 Å². The lowest BCUT2D eigenvalue weighted by molar-refractivity contribution is 0.312. The lowest BCUT2D eigenvalue weighted by Crippen LogP contribution is -2.34. The Labute approximate surface area is 102 Å². The highest BCUT2D eigenvalue weighted by Crippen LogP contribution is 2.16. The maximum Gasteiger partial charge on any atom is 0.323 e. The van der Waals surface area contributed by atoms with E-state index in [4.69, 9.17) is 10.5 Å². The molecule has 0 saturated carbocycles. The molecule has 1 unspecified atom stereocenters. The van der Waals surface area contributed by atoms with E-state index in [1.165, 1.54) is 0 Å². The number of aromatic nitrogens is 3. The first-order valence-corrected chi connectivity index (χ1v) is 6.03. The molecule has 1 rings (SSSR count). The fourth-order valence-electron chi connectivity index (χ4n) is 1.55. The molecule has 6 nitrogen and oxygen atoms in total. The van der Waals surface area contributed by atoms with Crippen LogP contribution < -0.4 is 15.4 Å². The topological polar surface area (TPSA) is 77.2 Å². The Bertz CT molecular complexity index is 358. The zero-order chi connectivity index (χ0) is 12.8. The molecule has 0 aliphatic heterocycles. The average Bonchev–Trinajstić information content (AvgIpc) is 2.29. The number of anilines is 2. The maximum absolute atomic E-state index is 5.65. The van der Waals surface area contributed by atoms with Crippen LogP contribution in [0, 0.1) is 0 Å². The van der Waals surface area contributed by atoms with Crippen molar-refractivity contribution in [2.75, 3.05) is 23.8 Å². The maximum atomic E-state index is 5.65. The number of hydrogen-bond donors (Lipinski definition) is 1. The van der Waals surface area contributed by atoms with Gasteiger partial charge in [0.25, 0.3) is 0 Å². The SMILES string of the molecule is CCOc1nc(N)nc(N(CC)C(C)CC)n1. The Morgan fingerprint density at radius 3 is 2.47 bits per heavy atom. The second-order valence-electron chi connectivity index (χ2n) is 3.75. The van der Waals surface area contributed by atoms with E-state index in [1.807, 2.05) is 6.92 Å². The fourth-order valence-corrected chi connectivity index (χ4v) is 1.55. The Kier molecular flexibility index (Phi) is 4.93. The van der Waals surface area contributed by atoms with Gasteiger partial charge in [0.05, 0.1) is 6.61 Å². The van der Waals surface area contributed by atoms with Crippen LogP contribution in [0.3, 0.4) is 0 Å². The van der Waals surface area contributed by atoms with Crippen LogP contribution in [0.5, 0.6) is 6.01 Å². The molecule has 0 fully saturated rings. The van der Waals surface area contributed by atoms with Crippen molar-refractivity contribution in [2.24, 2.45) is 0 Å². The quantitative estimate of drug-likeness (QED) is 0.810. The van der Waals surface area contributed by atoms with Gasteiger partial charge >= 0.3 is 6.01 Å². The third-order valence-electron chi connectivity index (χ3n) is 2.61. The molecule has 1 atom stereocenters. The summed E-state index contributed by atoms with van der Waals surface area (Å²) in [5, 5.41) is 0. The van der Waals surface area contributed by atoms with Crippen LogP contribution in [0.15, 0.2) is 0 Å². The summed E-state index contributed by atoms with van der Waals surface area (Å²) in [4.78, 5) is 14.4. The van der Waals surface area contributed by atoms with Gasteiger partial charge in [-0.25, -0.2) is 0 Å². The number of nitrogen functional groups attached to an aromatic ring is 1. The molecule has 0 spiro atoms. The largest absolute Gasteiger partial charge is 0.464 e. The molecule has 1 aromatic heterocycles. The summed E-state index contributed by atoms with van der Waals surface area (Å²) < 4.78 is 5.27. The van der Waals surface area contributed by atoms with E-state index in [0.29, 0.717) is 18.6 Å². The van der Waals surface area contributed by atoms with Crippen molar-refractivity contribution in [3.8, 4) is 6.01 Å². The molecular formula is C11H21N5O. The summed E-state index contributed by atoms with van der Waals surface area (Å²) >= 11 is 0. The molecule has 0 aliphatic carbocycles. The van der Waals surface area contributed by atoms with Crippen LogP contribution in [-0.4, -0.2) is 34.1 Å². The van der Waals surface area contributed by atoms with E-state index in [1.54, 1.807) is 0 Å². The highest BCUT2D eigenvalue weighted by molar-refractivity contribution is 5.36. The average molecular weight is 239 g/mol. The van der Waals surface area contributed by atoms with Gasteiger partial charge in [0.2, 0.25) is 11.9 Å². The summed E-state index contributed by atoms with van der Waals surface area (Å²) in [5.74, 6) is 0.776. The molecule has 6 heteroatoms. The van der Waals surface area contributed by atoms with Crippen LogP contribution in [-0.2, 0) is 0 Å². The molecule has 0 amide bonds. The molecule has 1 aromatic rings. The predicted molar refractivity (Wildman–Crippen MR) is 68.2 cm³/mol. The highest BCUT2D eigenvalue weighted by Gasteiger charge is 2.16. The van der Waals surface area contributed by atoms with Gasteiger partial charge < -0.3 is 15.4 Å². The lowest BCUT2D eigenvalue weighted by Gasteiger charge is -2.27. The molecule has 0 radical (unpaired) electrons. The molecule has 1 heterocycles. The second kappa shape index (κ2) is 6.22. The minimum atomic E-state index is 0.195. The van der Waals surface area contributed by atoms with Gasteiger partial charge in [-0.05, 0) is 27.2 Å². The zero-order valence-corrected chi connectivity index (χ0v) is 11.0. The van der Waals surface area contributed by atoms with Gasteiger partial charge in [-0.2, -0.15) is 15.0 Å². The third-order valence-corrected chi connectivity index (χ3v) is 2.61. The Morgan fingerprint density at radius 2 is 1.94 bits per heavy atom. The van der Waals surface area contributed by atoms with Crippen molar-refractivity contribution >= 4 is 11.9 Å². The van der Waals surface area contributed by atoms with Gasteiger partial charge in [0, 0.05) is 12.6 Å². The molecule has 0 aliphatic rings. The van der Waals surface area contributed by atoms with Gasteiger partial charge in [-0.15, -0.1) is 0 Å². The Morgan fingerprint density at radius 1 is 1.24 bits per heavy atom. The first-order chi connectivity index (χ1) is 8.12. The highest BCUT2D eigenvalue weighted by atomic mass is 16.5. The molecular weight excluding hydrogens is 218 g/mol. The lowest BCUT2D eigenvalue weighted by atomic mass is 10.2. The van der Waals surface area contributed by atoms with E-state index >= 15 is 0 Å². The molecule has 2 N–H and O–H groups in total. The minimum Gasteiger partial charge on any atom is -0.464 e. The Balaban J connectivity index is 3.01. The number of nitrogens with two attached hydrogens (primary N) is 1. The summed E-state index contributed by atoms with van der Waals surface area (Å²) in [7, 11) is 0. The standard InChI is InChI=1S/C11H21N5O/c1-5-8(4)16(6-2)10-13-9(12)14-11(15-10)17-7-3/h8H,5-7H2,1-4H3,(H2,12,13,14,15). The van der Waals surface area contributed by atoms with E-state index < -0.39 is 0 Å². The summed E-state index contributed by atoms with van der Waals surface area (Å²) in [5.41, 5.74) is 5.65. The first-order valence-electron chi connectivity index (χ1n) is 6.03. The molecule has 0 saturated heterocycles. The molecule has 0 bridgehead atoms. The van der Waals surface area contributed by atoms with Crippen LogP contribution >= 0.6 is 0 Å². The van der Waals surface area contributed by atoms with Crippen molar-refractivity contribution in [3.05, 3.63) is 0 Å². The molecule has 96 valence electrons. The summed E-state index contributed by atoms with van der Waals surface area (Å²) in [6, 6.07) is 0.646. The number of nitrogens with zero attached hydrogens (tertiary/aromatic N) is 4. The van der Waals surface area contributed by atoms with Crippen molar-refractivity contribution in [3.63, 3.8) is 0 Å². The van der Waals surface area contributed by atoms with E-state index in [0.717, 1.165) is 13.0 Å². The van der Waals surface area contributed by atoms with Gasteiger partial charge in [0.15, 0.2) is 0 Å². The van der Waals surface area contributed by atoms with Crippen LogP contribution in [0.1, 0.15) is 34.1 Å². The van der Waals surface area contributed by atoms with Crippen molar-refractivity contribution in [1.82, 2.24) is 15.0 Å². The zero-order valence-electron chi connectivity index (χ0n) is 11.0. The van der Waals surface area contributed by atoms with E-state index in [9.17, 15) is 0 Å². The summed E-state index contributed by atoms with van der Waals surface area (Å²) in [6.07, 6.45) is 1.02. The first kappa shape index (κ1) is 13.5. The van der Waals surface area contributed by atoms with Gasteiger partial charge in [-0.3, -0.25) is 0 Å². The minimum absolute atomic E-state index is 0.195. The number of rotatable bonds is 6. The van der Waals surface area contributed by atoms with Crippen molar-refractivity contribution < 1.29 is 4.74 Å². The Hall–Kier alpha value is -1.59.